The topological polar surface area (TPSA) is 71.2 Å². The van der Waals surface area contributed by atoms with Gasteiger partial charge in [-0.3, -0.25) is 9.69 Å². The molecule has 0 radical (unpaired) electrons. The van der Waals surface area contributed by atoms with Crippen LogP contribution in [0.15, 0.2) is 36.7 Å². The van der Waals surface area contributed by atoms with E-state index in [1.165, 1.54) is 5.56 Å². The van der Waals surface area contributed by atoms with Crippen LogP contribution >= 0.6 is 0 Å². The lowest BCUT2D eigenvalue weighted by Gasteiger charge is -2.24. The van der Waals surface area contributed by atoms with Gasteiger partial charge < -0.3 is 5.11 Å². The Labute approximate surface area is 135 Å². The molecule has 1 saturated heterocycles. The van der Waals surface area contributed by atoms with Crippen LogP contribution < -0.4 is 0 Å². The third-order valence-corrected chi connectivity index (χ3v) is 4.67. The summed E-state index contributed by atoms with van der Waals surface area (Å²) in [4.78, 5) is 13.4. The number of aliphatic carboxylic acids is 1. The summed E-state index contributed by atoms with van der Waals surface area (Å²) in [6, 6.07) is 8.24. The highest BCUT2D eigenvalue weighted by Crippen LogP contribution is 2.37. The number of hydrogen-bond acceptors (Lipinski definition) is 4. The Morgan fingerprint density at radius 2 is 2.09 bits per heavy atom. The van der Waals surface area contributed by atoms with Crippen molar-refractivity contribution in [2.24, 2.45) is 11.3 Å². The van der Waals surface area contributed by atoms with E-state index in [1.807, 2.05) is 18.3 Å². The monoisotopic (exact) mass is 314 g/mol. The molecule has 0 amide bonds. The fraction of sp³-hybridized carbons (Fsp3) is 0.471. The molecule has 1 unspecified atom stereocenters. The van der Waals surface area contributed by atoms with Crippen LogP contribution in [-0.2, 0) is 11.3 Å². The number of likely N-dealkylation sites (tertiary alicyclic amines) is 1. The normalized spacial score (nSPS) is 20.7. The molecule has 1 N–H and O–H groups in total. The Morgan fingerprint density at radius 1 is 1.35 bits per heavy atom. The molecule has 1 atom stereocenters. The first-order valence-corrected chi connectivity index (χ1v) is 7.84. The van der Waals surface area contributed by atoms with Crippen LogP contribution in [0.4, 0.5) is 0 Å². The Hall–Kier alpha value is -2.21. The molecule has 1 aromatic heterocycles. The summed E-state index contributed by atoms with van der Waals surface area (Å²) in [6.07, 6.45) is 3.71. The van der Waals surface area contributed by atoms with Gasteiger partial charge in [-0.05, 0) is 29.0 Å². The largest absolute Gasteiger partial charge is 0.481 e. The fourth-order valence-electron chi connectivity index (χ4n) is 3.36. The van der Waals surface area contributed by atoms with Crippen molar-refractivity contribution >= 4 is 5.97 Å². The van der Waals surface area contributed by atoms with Gasteiger partial charge in [-0.25, -0.2) is 4.68 Å². The molecule has 3 rings (SSSR count). The van der Waals surface area contributed by atoms with Crippen LogP contribution in [0.1, 0.15) is 25.8 Å². The maximum Gasteiger partial charge on any atom is 0.303 e. The highest BCUT2D eigenvalue weighted by atomic mass is 16.4. The second-order valence-electron chi connectivity index (χ2n) is 6.97. The maximum atomic E-state index is 11.0. The van der Waals surface area contributed by atoms with E-state index in [0.29, 0.717) is 0 Å². The van der Waals surface area contributed by atoms with Gasteiger partial charge >= 0.3 is 5.97 Å². The molecule has 1 aliphatic heterocycles. The molecular weight excluding hydrogens is 292 g/mol. The summed E-state index contributed by atoms with van der Waals surface area (Å²) in [5, 5.41) is 16.9. The molecule has 6 heteroatoms. The minimum absolute atomic E-state index is 0.0407. The molecule has 2 heterocycles. The number of benzene rings is 1. The lowest BCUT2D eigenvalue weighted by molar-refractivity contribution is -0.138. The van der Waals surface area contributed by atoms with Gasteiger partial charge in [0, 0.05) is 26.1 Å². The van der Waals surface area contributed by atoms with Crippen molar-refractivity contribution in [3.63, 3.8) is 0 Å². The number of carbonyl (C=O) groups is 1. The van der Waals surface area contributed by atoms with E-state index in [1.54, 1.807) is 10.9 Å². The molecule has 1 fully saturated rings. The van der Waals surface area contributed by atoms with Crippen LogP contribution in [0.25, 0.3) is 5.69 Å². The van der Waals surface area contributed by atoms with Crippen LogP contribution in [0.2, 0.25) is 0 Å². The van der Waals surface area contributed by atoms with E-state index in [-0.39, 0.29) is 17.8 Å². The molecule has 0 bridgehead atoms. The van der Waals surface area contributed by atoms with Gasteiger partial charge in [0.15, 0.2) is 0 Å². The molecule has 23 heavy (non-hydrogen) atoms. The summed E-state index contributed by atoms with van der Waals surface area (Å²) in [6.45, 7) is 6.93. The number of nitrogens with zero attached hydrogens (tertiary/aromatic N) is 4. The van der Waals surface area contributed by atoms with E-state index in [2.05, 4.69) is 41.2 Å². The lowest BCUT2D eigenvalue weighted by Crippen LogP contribution is -2.24. The van der Waals surface area contributed by atoms with Gasteiger partial charge in [0.05, 0.1) is 18.1 Å². The summed E-state index contributed by atoms with van der Waals surface area (Å²) < 4.78 is 1.73. The van der Waals surface area contributed by atoms with Gasteiger partial charge in [0.1, 0.15) is 0 Å². The van der Waals surface area contributed by atoms with Crippen LogP contribution in [0.5, 0.6) is 0 Å². The Kier molecular flexibility index (Phi) is 4.17. The molecule has 0 spiro atoms. The molecule has 6 nitrogen and oxygen atoms in total. The van der Waals surface area contributed by atoms with Crippen molar-refractivity contribution in [3.8, 4) is 5.69 Å². The minimum Gasteiger partial charge on any atom is -0.481 e. The zero-order valence-electron chi connectivity index (χ0n) is 13.5. The number of carboxylic acids is 1. The molecule has 1 aromatic carbocycles. The quantitative estimate of drug-likeness (QED) is 0.916. The van der Waals surface area contributed by atoms with E-state index in [4.69, 9.17) is 5.11 Å². The molecule has 1 aliphatic rings. The van der Waals surface area contributed by atoms with Gasteiger partial charge in [0.2, 0.25) is 0 Å². The summed E-state index contributed by atoms with van der Waals surface area (Å²) >= 11 is 0. The van der Waals surface area contributed by atoms with Gasteiger partial charge in [-0.1, -0.05) is 31.2 Å². The number of rotatable bonds is 5. The zero-order valence-corrected chi connectivity index (χ0v) is 13.5. The van der Waals surface area contributed by atoms with Gasteiger partial charge in [0.25, 0.3) is 0 Å². The van der Waals surface area contributed by atoms with Crippen LogP contribution in [0, 0.1) is 11.3 Å². The Morgan fingerprint density at radius 3 is 2.70 bits per heavy atom. The number of aromatic nitrogens is 3. The minimum atomic E-state index is -0.706. The predicted molar refractivity (Wildman–Crippen MR) is 86.2 cm³/mol. The fourth-order valence-corrected chi connectivity index (χ4v) is 3.36. The highest BCUT2D eigenvalue weighted by molar-refractivity contribution is 5.67. The van der Waals surface area contributed by atoms with Gasteiger partial charge in [-0.2, -0.15) is 0 Å². The first-order chi connectivity index (χ1) is 10.9. The van der Waals surface area contributed by atoms with Crippen LogP contribution in [0.3, 0.4) is 0 Å². The average molecular weight is 314 g/mol. The molecular formula is C17H22N4O2. The van der Waals surface area contributed by atoms with Crippen molar-refractivity contribution in [2.45, 2.75) is 26.8 Å². The van der Waals surface area contributed by atoms with Crippen LogP contribution in [-0.4, -0.2) is 44.1 Å². The van der Waals surface area contributed by atoms with E-state index in [0.717, 1.165) is 25.3 Å². The second-order valence-corrected chi connectivity index (χ2v) is 6.97. The summed E-state index contributed by atoms with van der Waals surface area (Å²) in [7, 11) is 0. The Balaban J connectivity index is 1.65. The van der Waals surface area contributed by atoms with Gasteiger partial charge in [-0.15, -0.1) is 5.10 Å². The molecule has 122 valence electrons. The van der Waals surface area contributed by atoms with E-state index < -0.39 is 5.97 Å². The summed E-state index contributed by atoms with van der Waals surface area (Å²) in [5.74, 6) is -0.503. The standard InChI is InChI=1S/C17H22N4O2/c1-17(2)12-20(11-14(17)9-16(22)23)10-13-3-5-15(6-4-13)21-8-7-18-19-21/h3-8,14H,9-12H2,1-2H3,(H,22,23). The van der Waals surface area contributed by atoms with E-state index in [9.17, 15) is 4.79 Å². The highest BCUT2D eigenvalue weighted by Gasteiger charge is 2.39. The third-order valence-electron chi connectivity index (χ3n) is 4.67. The van der Waals surface area contributed by atoms with Crippen molar-refractivity contribution in [3.05, 3.63) is 42.2 Å². The summed E-state index contributed by atoms with van der Waals surface area (Å²) in [5.41, 5.74) is 2.25. The lowest BCUT2D eigenvalue weighted by atomic mass is 9.80. The molecule has 0 aliphatic carbocycles. The molecule has 2 aromatic rings. The SMILES string of the molecule is CC1(C)CN(Cc2ccc(-n3ccnn3)cc2)CC1CC(=O)O. The second kappa shape index (κ2) is 6.12. The van der Waals surface area contributed by atoms with Crippen molar-refractivity contribution in [1.82, 2.24) is 19.9 Å². The smallest absolute Gasteiger partial charge is 0.303 e. The Bertz CT molecular complexity index is 664. The first-order valence-electron chi connectivity index (χ1n) is 7.84. The van der Waals surface area contributed by atoms with Crippen molar-refractivity contribution in [2.75, 3.05) is 13.1 Å². The average Bonchev–Trinajstić information content (AvgIpc) is 3.08. The van der Waals surface area contributed by atoms with Crippen molar-refractivity contribution < 1.29 is 9.90 Å². The maximum absolute atomic E-state index is 11.0. The predicted octanol–water partition coefficient (Wildman–Crippen LogP) is 2.20. The first kappa shape index (κ1) is 15.7. The number of hydrogen-bond donors (Lipinski definition) is 1. The van der Waals surface area contributed by atoms with Crippen molar-refractivity contribution in [1.29, 1.82) is 0 Å². The molecule has 0 saturated carbocycles. The zero-order chi connectivity index (χ0) is 16.4. The third kappa shape index (κ3) is 3.59. The van der Waals surface area contributed by atoms with E-state index >= 15 is 0 Å². The number of carboxylic acid groups (broad SMARTS) is 1.